The molecule has 0 bridgehead atoms. The summed E-state index contributed by atoms with van der Waals surface area (Å²) in [5, 5.41) is 6.80. The number of amides is 1. The average molecular weight is 438 g/mol. The maximum atomic E-state index is 12.6. The number of carbonyl (C=O) groups is 1. The van der Waals surface area contributed by atoms with Crippen molar-refractivity contribution >= 4 is 39.5 Å². The van der Waals surface area contributed by atoms with Crippen LogP contribution in [0.2, 0.25) is 0 Å². The fourth-order valence-corrected chi connectivity index (χ4v) is 4.13. The maximum absolute atomic E-state index is 12.6. The fraction of sp³-hybridized carbons (Fsp3) is 0.217. The minimum atomic E-state index is -3.68. The van der Waals surface area contributed by atoms with Crippen LogP contribution in [0.4, 0.5) is 11.4 Å². The number of aromatic nitrogens is 1. The van der Waals surface area contributed by atoms with E-state index in [0.717, 1.165) is 24.0 Å². The second-order valence-corrected chi connectivity index (χ2v) is 9.33. The van der Waals surface area contributed by atoms with Gasteiger partial charge in [0.05, 0.1) is 4.90 Å². The highest BCUT2D eigenvalue weighted by Crippen LogP contribution is 2.32. The molecule has 2 aromatic carbocycles. The number of rotatable bonds is 7. The Morgan fingerprint density at radius 3 is 2.52 bits per heavy atom. The number of hydrogen-bond acceptors (Lipinski definition) is 5. The van der Waals surface area contributed by atoms with Gasteiger partial charge in [0.25, 0.3) is 10.0 Å². The number of nitrogens with zero attached hydrogens (tertiary/aromatic N) is 1. The van der Waals surface area contributed by atoms with Gasteiger partial charge in [-0.15, -0.1) is 0 Å². The van der Waals surface area contributed by atoms with Crippen LogP contribution in [0.15, 0.2) is 57.9 Å². The van der Waals surface area contributed by atoms with E-state index in [2.05, 4.69) is 15.2 Å². The Labute approximate surface area is 181 Å². The van der Waals surface area contributed by atoms with Gasteiger partial charge in [0.1, 0.15) is 11.4 Å². The summed E-state index contributed by atoms with van der Waals surface area (Å²) >= 11 is 0. The average Bonchev–Trinajstić information content (AvgIpc) is 3.52. The van der Waals surface area contributed by atoms with E-state index in [4.69, 9.17) is 4.52 Å². The molecule has 160 valence electrons. The van der Waals surface area contributed by atoms with Crippen LogP contribution in [0.1, 0.15) is 35.4 Å². The van der Waals surface area contributed by atoms with Gasteiger partial charge in [0.15, 0.2) is 5.76 Å². The molecule has 3 aromatic rings. The lowest BCUT2D eigenvalue weighted by Crippen LogP contribution is -2.14. The third kappa shape index (κ3) is 5.03. The smallest absolute Gasteiger partial charge is 0.261 e. The van der Waals surface area contributed by atoms with Gasteiger partial charge in [-0.25, -0.2) is 8.42 Å². The largest absolute Gasteiger partial charge is 0.354 e. The summed E-state index contributed by atoms with van der Waals surface area (Å²) in [5.74, 6) is 0.509. The van der Waals surface area contributed by atoms with Crippen molar-refractivity contribution in [3.05, 3.63) is 71.1 Å². The predicted octanol–water partition coefficient (Wildman–Crippen LogP) is 4.61. The van der Waals surface area contributed by atoms with Crippen molar-refractivity contribution in [1.82, 2.24) is 5.16 Å². The normalized spacial score (nSPS) is 14.0. The van der Waals surface area contributed by atoms with E-state index in [1.807, 2.05) is 13.0 Å². The second-order valence-electron chi connectivity index (χ2n) is 7.65. The van der Waals surface area contributed by atoms with Gasteiger partial charge in [-0.2, -0.15) is 0 Å². The molecular weight excluding hydrogens is 414 g/mol. The van der Waals surface area contributed by atoms with Crippen LogP contribution in [0, 0.1) is 19.8 Å². The molecule has 0 saturated heterocycles. The first-order valence-corrected chi connectivity index (χ1v) is 11.4. The molecule has 0 atom stereocenters. The summed E-state index contributed by atoms with van der Waals surface area (Å²) < 4.78 is 33.1. The lowest BCUT2D eigenvalue weighted by molar-refractivity contribution is -0.117. The zero-order chi connectivity index (χ0) is 22.0. The Hall–Kier alpha value is -3.39. The van der Waals surface area contributed by atoms with Crippen LogP contribution < -0.4 is 10.0 Å². The van der Waals surface area contributed by atoms with E-state index < -0.39 is 10.0 Å². The van der Waals surface area contributed by atoms with Gasteiger partial charge < -0.3 is 9.84 Å². The van der Waals surface area contributed by atoms with E-state index in [0.29, 0.717) is 22.8 Å². The number of hydrogen-bond donors (Lipinski definition) is 2. The molecule has 7 nitrogen and oxygen atoms in total. The third-order valence-electron chi connectivity index (χ3n) is 4.97. The molecule has 1 aliphatic carbocycles. The minimum absolute atomic E-state index is 0.0170. The number of aryl methyl sites for hydroxylation is 2. The number of sulfonamides is 1. The van der Waals surface area contributed by atoms with Crippen molar-refractivity contribution in [2.75, 3.05) is 10.0 Å². The van der Waals surface area contributed by atoms with E-state index >= 15 is 0 Å². The van der Waals surface area contributed by atoms with Gasteiger partial charge in [0, 0.05) is 11.6 Å². The van der Waals surface area contributed by atoms with Crippen molar-refractivity contribution in [3.8, 4) is 0 Å². The SMILES string of the molecule is Cc1cccc(NS(=O)(=O)c2ccc(/C=C\c3onc(C)c3NC(=O)C3CC3)cc2)c1. The van der Waals surface area contributed by atoms with E-state index in [1.165, 1.54) is 0 Å². The molecule has 0 unspecified atom stereocenters. The van der Waals surface area contributed by atoms with E-state index in [-0.39, 0.29) is 16.7 Å². The van der Waals surface area contributed by atoms with Gasteiger partial charge in [-0.05, 0) is 68.2 Å². The minimum Gasteiger partial charge on any atom is -0.354 e. The van der Waals surface area contributed by atoms with Gasteiger partial charge in [-0.1, -0.05) is 35.5 Å². The molecule has 31 heavy (non-hydrogen) atoms. The Bertz CT molecular complexity index is 1240. The predicted molar refractivity (Wildman–Crippen MR) is 120 cm³/mol. The van der Waals surface area contributed by atoms with Crippen molar-refractivity contribution in [2.24, 2.45) is 5.92 Å². The van der Waals surface area contributed by atoms with Gasteiger partial charge >= 0.3 is 0 Å². The maximum Gasteiger partial charge on any atom is 0.261 e. The topological polar surface area (TPSA) is 101 Å². The molecule has 1 fully saturated rings. The molecule has 1 saturated carbocycles. The first kappa shape index (κ1) is 20.9. The molecule has 0 spiro atoms. The first-order chi connectivity index (χ1) is 14.8. The highest BCUT2D eigenvalue weighted by atomic mass is 32.2. The lowest BCUT2D eigenvalue weighted by atomic mass is 10.2. The summed E-state index contributed by atoms with van der Waals surface area (Å²) in [7, 11) is -3.68. The van der Waals surface area contributed by atoms with E-state index in [9.17, 15) is 13.2 Å². The fourth-order valence-electron chi connectivity index (χ4n) is 3.08. The molecule has 1 aliphatic rings. The zero-order valence-corrected chi connectivity index (χ0v) is 18.1. The first-order valence-electron chi connectivity index (χ1n) is 9.96. The lowest BCUT2D eigenvalue weighted by Gasteiger charge is -2.09. The quantitative estimate of drug-likeness (QED) is 0.562. The van der Waals surface area contributed by atoms with E-state index in [1.54, 1.807) is 61.5 Å². The van der Waals surface area contributed by atoms with Crippen LogP contribution in [-0.2, 0) is 14.8 Å². The summed E-state index contributed by atoms with van der Waals surface area (Å²) in [5.41, 5.74) is 3.44. The van der Waals surface area contributed by atoms with Crippen molar-refractivity contribution < 1.29 is 17.7 Å². The highest BCUT2D eigenvalue weighted by Gasteiger charge is 2.30. The number of carbonyl (C=O) groups excluding carboxylic acids is 1. The number of benzene rings is 2. The monoisotopic (exact) mass is 437 g/mol. The molecule has 1 heterocycles. The van der Waals surface area contributed by atoms with Crippen LogP contribution in [0.3, 0.4) is 0 Å². The third-order valence-corrected chi connectivity index (χ3v) is 6.37. The Morgan fingerprint density at radius 2 is 1.84 bits per heavy atom. The zero-order valence-electron chi connectivity index (χ0n) is 17.3. The van der Waals surface area contributed by atoms with Crippen LogP contribution in [0.5, 0.6) is 0 Å². The summed E-state index contributed by atoms with van der Waals surface area (Å²) in [4.78, 5) is 12.2. The van der Waals surface area contributed by atoms with Gasteiger partial charge in [0.2, 0.25) is 5.91 Å². The van der Waals surface area contributed by atoms with Crippen molar-refractivity contribution in [3.63, 3.8) is 0 Å². The standard InChI is InChI=1S/C23H23N3O4S/c1-15-4-3-5-19(14-15)26-31(28,29)20-11-6-17(7-12-20)8-13-21-22(16(2)25-30-21)24-23(27)18-9-10-18/h3-8,11-14,18,26H,9-10H2,1-2H3,(H,24,27)/b13-8-. The Kier molecular flexibility index (Phi) is 5.65. The van der Waals surface area contributed by atoms with Crippen LogP contribution >= 0.6 is 0 Å². The molecular formula is C23H23N3O4S. The molecule has 4 rings (SSSR count). The van der Waals surface area contributed by atoms with Crippen LogP contribution in [-0.4, -0.2) is 19.5 Å². The van der Waals surface area contributed by atoms with Gasteiger partial charge in [-0.3, -0.25) is 9.52 Å². The number of nitrogens with one attached hydrogen (secondary N) is 2. The summed E-state index contributed by atoms with van der Waals surface area (Å²) in [6, 6.07) is 13.7. The Morgan fingerprint density at radius 1 is 1.10 bits per heavy atom. The summed E-state index contributed by atoms with van der Waals surface area (Å²) in [6.07, 6.45) is 5.30. The molecule has 0 aliphatic heterocycles. The van der Waals surface area contributed by atoms with Crippen molar-refractivity contribution in [1.29, 1.82) is 0 Å². The highest BCUT2D eigenvalue weighted by molar-refractivity contribution is 7.92. The second kappa shape index (κ2) is 8.39. The molecule has 1 aromatic heterocycles. The Balaban J connectivity index is 1.47. The molecule has 8 heteroatoms. The van der Waals surface area contributed by atoms with Crippen LogP contribution in [0.25, 0.3) is 12.2 Å². The molecule has 1 amide bonds. The number of anilines is 2. The van der Waals surface area contributed by atoms with Crippen molar-refractivity contribution in [2.45, 2.75) is 31.6 Å². The summed E-state index contributed by atoms with van der Waals surface area (Å²) in [6.45, 7) is 3.67. The molecule has 0 radical (unpaired) electrons. The molecule has 2 N–H and O–H groups in total.